The number of benzene rings is 2. The molecule has 0 bridgehead atoms. The molecule has 0 saturated carbocycles. The maximum Gasteiger partial charge on any atom is 0.335 e. The third-order valence-corrected chi connectivity index (χ3v) is 4.91. The van der Waals surface area contributed by atoms with Crippen LogP contribution in [0.2, 0.25) is 0 Å². The first-order chi connectivity index (χ1) is 15.1. The lowest BCUT2D eigenvalue weighted by atomic mass is 10.1. The largest absolute Gasteiger partial charge is 0.493 e. The highest BCUT2D eigenvalue weighted by molar-refractivity contribution is 9.10. The maximum atomic E-state index is 13.0. The van der Waals surface area contributed by atoms with Gasteiger partial charge in [-0.3, -0.25) is 25.0 Å². The molecule has 166 valence electrons. The van der Waals surface area contributed by atoms with Gasteiger partial charge >= 0.3 is 6.03 Å². The number of hydrogen-bond acceptors (Lipinski definition) is 7. The number of amides is 4. The Morgan fingerprint density at radius 2 is 1.91 bits per heavy atom. The first kappa shape index (κ1) is 22.9. The second-order valence-corrected chi connectivity index (χ2v) is 7.79. The normalized spacial score (nSPS) is 15.2. The van der Waals surface area contributed by atoms with E-state index in [1.54, 1.807) is 12.1 Å². The van der Waals surface area contributed by atoms with E-state index in [-0.39, 0.29) is 23.1 Å². The molecule has 32 heavy (non-hydrogen) atoms. The second kappa shape index (κ2) is 9.18. The zero-order valence-corrected chi connectivity index (χ0v) is 18.8. The summed E-state index contributed by atoms with van der Waals surface area (Å²) in [5.41, 5.74) is -0.251. The van der Waals surface area contributed by atoms with Crippen molar-refractivity contribution in [2.24, 2.45) is 0 Å². The number of nitrogens with zero attached hydrogens (tertiary/aromatic N) is 2. The molecule has 3 rings (SSSR count). The van der Waals surface area contributed by atoms with Crippen LogP contribution in [-0.4, -0.2) is 36.0 Å². The number of methoxy groups -OCH3 is 1. The Balaban J connectivity index is 2.04. The van der Waals surface area contributed by atoms with Gasteiger partial charge in [-0.15, -0.1) is 0 Å². The number of carbonyl (C=O) groups is 3. The van der Waals surface area contributed by atoms with Gasteiger partial charge in [-0.25, -0.2) is 9.69 Å². The van der Waals surface area contributed by atoms with Crippen LogP contribution in [0.3, 0.4) is 0 Å². The molecular weight excluding hydrogens is 486 g/mol. The Kier molecular flexibility index (Phi) is 6.58. The van der Waals surface area contributed by atoms with Gasteiger partial charge in [0.2, 0.25) is 0 Å². The van der Waals surface area contributed by atoms with E-state index < -0.39 is 22.8 Å². The van der Waals surface area contributed by atoms with Gasteiger partial charge in [-0.1, -0.05) is 6.07 Å². The number of non-ortho nitro benzene ring substituents is 1. The molecule has 2 aromatic carbocycles. The standard InChI is InChI=1S/C21H18BrN3O7/c1-11(2)32-18-16(22)8-12(9-17(18)31-3)7-15-19(26)23-21(28)24(20(15)27)13-5-4-6-14(10-13)25(29)30/h4-11H,1-3H3,(H,23,26,28)/b15-7+. The summed E-state index contributed by atoms with van der Waals surface area (Å²) in [6.45, 7) is 3.71. The summed E-state index contributed by atoms with van der Waals surface area (Å²) in [4.78, 5) is 48.8. The predicted molar refractivity (Wildman–Crippen MR) is 119 cm³/mol. The van der Waals surface area contributed by atoms with E-state index >= 15 is 0 Å². The number of barbiturate groups is 1. The van der Waals surface area contributed by atoms with Gasteiger partial charge in [-0.2, -0.15) is 0 Å². The Morgan fingerprint density at radius 3 is 2.53 bits per heavy atom. The van der Waals surface area contributed by atoms with Crippen molar-refractivity contribution in [2.75, 3.05) is 12.0 Å². The fraction of sp³-hybridized carbons (Fsp3) is 0.190. The zero-order valence-electron chi connectivity index (χ0n) is 17.2. The Labute approximate surface area is 191 Å². The average molecular weight is 504 g/mol. The maximum absolute atomic E-state index is 13.0. The predicted octanol–water partition coefficient (Wildman–Crippen LogP) is 3.82. The summed E-state index contributed by atoms with van der Waals surface area (Å²) in [5.74, 6) is -0.983. The first-order valence-corrected chi connectivity index (χ1v) is 10.1. The van der Waals surface area contributed by atoms with Gasteiger partial charge in [0, 0.05) is 12.1 Å². The van der Waals surface area contributed by atoms with Gasteiger partial charge in [-0.05, 0) is 59.6 Å². The number of nitro benzene ring substituents is 1. The van der Waals surface area contributed by atoms with Crippen LogP contribution >= 0.6 is 15.9 Å². The quantitative estimate of drug-likeness (QED) is 0.274. The minimum atomic E-state index is -1.00. The summed E-state index contributed by atoms with van der Waals surface area (Å²) in [6.07, 6.45) is 1.17. The van der Waals surface area contributed by atoms with E-state index in [9.17, 15) is 24.5 Å². The molecule has 1 saturated heterocycles. The van der Waals surface area contributed by atoms with Crippen molar-refractivity contribution in [3.63, 3.8) is 0 Å². The van der Waals surface area contributed by atoms with Crippen LogP contribution in [0, 0.1) is 10.1 Å². The number of hydrogen-bond donors (Lipinski definition) is 1. The van der Waals surface area contributed by atoms with Crippen LogP contribution in [0.5, 0.6) is 11.5 Å². The van der Waals surface area contributed by atoms with E-state index in [1.807, 2.05) is 13.8 Å². The van der Waals surface area contributed by atoms with Gasteiger partial charge in [0.25, 0.3) is 17.5 Å². The molecule has 1 fully saturated rings. The summed E-state index contributed by atoms with van der Waals surface area (Å²) in [7, 11) is 1.45. The number of carbonyl (C=O) groups excluding carboxylic acids is 3. The van der Waals surface area contributed by atoms with Crippen LogP contribution < -0.4 is 19.7 Å². The number of imide groups is 2. The molecule has 0 atom stereocenters. The number of nitrogens with one attached hydrogen (secondary N) is 1. The molecule has 0 unspecified atom stereocenters. The van der Waals surface area contributed by atoms with Crippen LogP contribution in [0.4, 0.5) is 16.2 Å². The molecular formula is C21H18BrN3O7. The van der Waals surface area contributed by atoms with Crippen LogP contribution in [-0.2, 0) is 9.59 Å². The van der Waals surface area contributed by atoms with E-state index in [0.29, 0.717) is 26.4 Å². The highest BCUT2D eigenvalue weighted by Gasteiger charge is 2.37. The molecule has 1 aliphatic rings. The van der Waals surface area contributed by atoms with Gasteiger partial charge in [0.05, 0.1) is 28.3 Å². The first-order valence-electron chi connectivity index (χ1n) is 9.32. The van der Waals surface area contributed by atoms with Gasteiger partial charge in [0.1, 0.15) is 5.57 Å². The number of ether oxygens (including phenoxy) is 2. The van der Waals surface area contributed by atoms with Crippen molar-refractivity contribution >= 4 is 51.2 Å². The third-order valence-electron chi connectivity index (χ3n) is 4.32. The third kappa shape index (κ3) is 4.62. The van der Waals surface area contributed by atoms with E-state index in [1.165, 1.54) is 31.4 Å². The van der Waals surface area contributed by atoms with Crippen LogP contribution in [0.25, 0.3) is 6.08 Å². The lowest BCUT2D eigenvalue weighted by Gasteiger charge is -2.26. The minimum Gasteiger partial charge on any atom is -0.493 e. The smallest absolute Gasteiger partial charge is 0.335 e. The molecule has 11 heteroatoms. The lowest BCUT2D eigenvalue weighted by molar-refractivity contribution is -0.384. The number of nitro groups is 1. The van der Waals surface area contributed by atoms with Crippen molar-refractivity contribution in [2.45, 2.75) is 20.0 Å². The molecule has 2 aromatic rings. The lowest BCUT2D eigenvalue weighted by Crippen LogP contribution is -2.54. The molecule has 1 heterocycles. The molecule has 1 aliphatic heterocycles. The molecule has 0 radical (unpaired) electrons. The SMILES string of the molecule is COc1cc(/C=C2\C(=O)NC(=O)N(c3cccc([N+](=O)[O-])c3)C2=O)cc(Br)c1OC(C)C. The topological polar surface area (TPSA) is 128 Å². The molecule has 10 nitrogen and oxygen atoms in total. The van der Waals surface area contributed by atoms with Gasteiger partial charge in [0.15, 0.2) is 11.5 Å². The van der Waals surface area contributed by atoms with E-state index in [4.69, 9.17) is 9.47 Å². The van der Waals surface area contributed by atoms with Crippen molar-refractivity contribution in [3.05, 3.63) is 62.1 Å². The molecule has 4 amide bonds. The van der Waals surface area contributed by atoms with Crippen LogP contribution in [0.15, 0.2) is 46.4 Å². The highest BCUT2D eigenvalue weighted by Crippen LogP contribution is 2.38. The second-order valence-electron chi connectivity index (χ2n) is 6.94. The average Bonchev–Trinajstić information content (AvgIpc) is 2.72. The number of anilines is 1. The van der Waals surface area contributed by atoms with Crippen molar-refractivity contribution in [1.29, 1.82) is 0 Å². The van der Waals surface area contributed by atoms with E-state index in [0.717, 1.165) is 6.07 Å². The van der Waals surface area contributed by atoms with Crippen LogP contribution in [0.1, 0.15) is 19.4 Å². The van der Waals surface area contributed by atoms with Crippen molar-refractivity contribution < 1.29 is 28.8 Å². The molecule has 0 spiro atoms. The van der Waals surface area contributed by atoms with Crippen molar-refractivity contribution in [1.82, 2.24) is 5.32 Å². The Hall–Kier alpha value is -3.73. The Morgan fingerprint density at radius 1 is 1.19 bits per heavy atom. The van der Waals surface area contributed by atoms with Gasteiger partial charge < -0.3 is 9.47 Å². The number of rotatable bonds is 6. The Bertz CT molecular complexity index is 1160. The summed E-state index contributed by atoms with van der Waals surface area (Å²) in [5, 5.41) is 13.1. The van der Waals surface area contributed by atoms with Crippen molar-refractivity contribution in [3.8, 4) is 11.5 Å². The minimum absolute atomic E-state index is 0.0421. The van der Waals surface area contributed by atoms with E-state index in [2.05, 4.69) is 21.2 Å². The molecule has 1 N–H and O–H groups in total. The molecule has 0 aliphatic carbocycles. The monoisotopic (exact) mass is 503 g/mol. The summed E-state index contributed by atoms with van der Waals surface area (Å²) in [6, 6.07) is 7.19. The fourth-order valence-electron chi connectivity index (χ4n) is 2.98. The number of urea groups is 1. The zero-order chi connectivity index (χ0) is 23.6. The number of halogens is 1. The summed E-state index contributed by atoms with van der Waals surface area (Å²) >= 11 is 3.39. The highest BCUT2D eigenvalue weighted by atomic mass is 79.9. The molecule has 0 aromatic heterocycles. The fourth-order valence-corrected chi connectivity index (χ4v) is 3.53. The summed E-state index contributed by atoms with van der Waals surface area (Å²) < 4.78 is 11.6.